The highest BCUT2D eigenvalue weighted by molar-refractivity contribution is 14.0. The fraction of sp³-hybridized carbons (Fsp3) is 0.600. The van der Waals surface area contributed by atoms with Gasteiger partial charge in [0.2, 0.25) is 5.91 Å². The zero-order valence-corrected chi connectivity index (χ0v) is 19.4. The van der Waals surface area contributed by atoms with Crippen molar-refractivity contribution in [2.75, 3.05) is 26.2 Å². The van der Waals surface area contributed by atoms with Gasteiger partial charge in [-0.3, -0.25) is 9.79 Å². The van der Waals surface area contributed by atoms with Crippen LogP contribution in [0.25, 0.3) is 0 Å². The van der Waals surface area contributed by atoms with Gasteiger partial charge in [-0.1, -0.05) is 30.7 Å². The van der Waals surface area contributed by atoms with E-state index in [2.05, 4.69) is 29.5 Å². The summed E-state index contributed by atoms with van der Waals surface area (Å²) in [5.74, 6) is 1.14. The first-order valence-corrected chi connectivity index (χ1v) is 10.1. The number of guanidine groups is 1. The summed E-state index contributed by atoms with van der Waals surface area (Å²) in [7, 11) is 0. The van der Waals surface area contributed by atoms with Crippen molar-refractivity contribution in [1.82, 2.24) is 15.5 Å². The van der Waals surface area contributed by atoms with Crippen molar-refractivity contribution in [1.29, 1.82) is 0 Å². The third kappa shape index (κ3) is 8.25. The maximum atomic E-state index is 11.9. The maximum Gasteiger partial charge on any atom is 0.222 e. The van der Waals surface area contributed by atoms with Crippen LogP contribution >= 0.6 is 35.6 Å². The number of benzene rings is 1. The number of carbonyl (C=O) groups is 1. The molecule has 2 rings (SSSR count). The second kappa shape index (κ2) is 13.2. The van der Waals surface area contributed by atoms with E-state index in [-0.39, 0.29) is 24.0 Å². The van der Waals surface area contributed by atoms with E-state index >= 15 is 0 Å². The van der Waals surface area contributed by atoms with Gasteiger partial charge in [0, 0.05) is 43.7 Å². The molecule has 7 heteroatoms. The van der Waals surface area contributed by atoms with Crippen LogP contribution in [-0.2, 0) is 11.2 Å². The van der Waals surface area contributed by atoms with Crippen LogP contribution in [0.2, 0.25) is 5.02 Å². The van der Waals surface area contributed by atoms with Crippen molar-refractivity contribution in [3.05, 3.63) is 34.9 Å². The van der Waals surface area contributed by atoms with Gasteiger partial charge in [-0.15, -0.1) is 24.0 Å². The Morgan fingerprint density at radius 1 is 1.26 bits per heavy atom. The van der Waals surface area contributed by atoms with Gasteiger partial charge in [-0.05, 0) is 50.3 Å². The molecule has 0 saturated carbocycles. The number of carbonyl (C=O) groups excluding carboxylic acids is 1. The Kier molecular flexibility index (Phi) is 11.7. The summed E-state index contributed by atoms with van der Waals surface area (Å²) < 4.78 is 0. The first-order chi connectivity index (χ1) is 12.6. The quantitative estimate of drug-likeness (QED) is 0.304. The predicted molar refractivity (Wildman–Crippen MR) is 124 cm³/mol. The molecule has 0 aliphatic carbocycles. The Morgan fingerprint density at radius 3 is 2.59 bits per heavy atom. The van der Waals surface area contributed by atoms with E-state index in [0.717, 1.165) is 62.8 Å². The average molecular weight is 507 g/mol. The topological polar surface area (TPSA) is 56.7 Å². The number of rotatable bonds is 9. The van der Waals surface area contributed by atoms with E-state index in [4.69, 9.17) is 11.6 Å². The summed E-state index contributed by atoms with van der Waals surface area (Å²) in [6.45, 7) is 7.48. The van der Waals surface area contributed by atoms with Crippen LogP contribution < -0.4 is 10.6 Å². The Bertz CT molecular complexity index is 594. The average Bonchev–Trinajstić information content (AvgIpc) is 3.06. The van der Waals surface area contributed by atoms with Crippen molar-refractivity contribution in [2.45, 2.75) is 52.0 Å². The highest BCUT2D eigenvalue weighted by Gasteiger charge is 2.26. The van der Waals surface area contributed by atoms with Gasteiger partial charge in [-0.25, -0.2) is 0 Å². The number of nitrogens with zero attached hydrogens (tertiary/aromatic N) is 2. The molecule has 1 aromatic carbocycles. The van der Waals surface area contributed by atoms with E-state index in [1.165, 1.54) is 5.56 Å². The monoisotopic (exact) mass is 506 g/mol. The van der Waals surface area contributed by atoms with Crippen LogP contribution in [0.15, 0.2) is 29.3 Å². The largest absolute Gasteiger partial charge is 0.357 e. The molecule has 1 fully saturated rings. The zero-order chi connectivity index (χ0) is 18.8. The van der Waals surface area contributed by atoms with Crippen molar-refractivity contribution in [3.8, 4) is 0 Å². The summed E-state index contributed by atoms with van der Waals surface area (Å²) in [6, 6.07) is 8.24. The number of hydrogen-bond acceptors (Lipinski definition) is 2. The lowest BCUT2D eigenvalue weighted by Gasteiger charge is -2.26. The van der Waals surface area contributed by atoms with Gasteiger partial charge in [0.05, 0.1) is 0 Å². The number of aliphatic imine (C=N–C) groups is 1. The molecule has 1 amide bonds. The molecule has 1 saturated heterocycles. The van der Waals surface area contributed by atoms with Gasteiger partial charge < -0.3 is 15.5 Å². The molecule has 152 valence electrons. The summed E-state index contributed by atoms with van der Waals surface area (Å²) in [4.78, 5) is 18.6. The fourth-order valence-electron chi connectivity index (χ4n) is 3.28. The van der Waals surface area contributed by atoms with E-state index in [9.17, 15) is 4.79 Å². The molecule has 1 aromatic rings. The van der Waals surface area contributed by atoms with E-state index in [0.29, 0.717) is 18.4 Å². The van der Waals surface area contributed by atoms with Crippen LogP contribution in [-0.4, -0.2) is 49.0 Å². The Morgan fingerprint density at radius 2 is 2.00 bits per heavy atom. The summed E-state index contributed by atoms with van der Waals surface area (Å²) in [5.41, 5.74) is 1.25. The molecule has 0 radical (unpaired) electrons. The van der Waals surface area contributed by atoms with Crippen molar-refractivity contribution < 1.29 is 4.79 Å². The molecule has 27 heavy (non-hydrogen) atoms. The molecule has 0 spiro atoms. The maximum absolute atomic E-state index is 11.9. The second-order valence-electron chi connectivity index (χ2n) is 6.61. The van der Waals surface area contributed by atoms with Crippen LogP contribution in [0.3, 0.4) is 0 Å². The first-order valence-electron chi connectivity index (χ1n) is 9.70. The van der Waals surface area contributed by atoms with Crippen LogP contribution in [0, 0.1) is 0 Å². The lowest BCUT2D eigenvalue weighted by molar-refractivity contribution is -0.129. The van der Waals surface area contributed by atoms with Gasteiger partial charge >= 0.3 is 0 Å². The van der Waals surface area contributed by atoms with Gasteiger partial charge in [0.25, 0.3) is 0 Å². The summed E-state index contributed by atoms with van der Waals surface area (Å²) in [6.07, 6.45) is 4.52. The second-order valence-corrected chi connectivity index (χ2v) is 7.04. The fourth-order valence-corrected chi connectivity index (χ4v) is 3.40. The minimum Gasteiger partial charge on any atom is -0.357 e. The highest BCUT2D eigenvalue weighted by atomic mass is 127. The number of halogens is 2. The third-order valence-corrected chi connectivity index (χ3v) is 4.97. The van der Waals surface area contributed by atoms with Crippen molar-refractivity contribution in [3.63, 3.8) is 0 Å². The number of likely N-dealkylation sites (tertiary alicyclic amines) is 1. The molecule has 0 aromatic heterocycles. The molecule has 1 aliphatic rings. The third-order valence-electron chi connectivity index (χ3n) is 4.72. The Labute approximate surface area is 185 Å². The lowest BCUT2D eigenvalue weighted by Crippen LogP contribution is -2.39. The molecular formula is C20H32ClIN4O. The number of hydrogen-bond donors (Lipinski definition) is 2. The number of nitrogens with one attached hydrogen (secondary N) is 2. The van der Waals surface area contributed by atoms with Gasteiger partial charge in [0.15, 0.2) is 5.96 Å². The first kappa shape index (κ1) is 24.0. The van der Waals surface area contributed by atoms with Gasteiger partial charge in [0.1, 0.15) is 0 Å². The normalized spacial score (nSPS) is 15.4. The Hall–Kier alpha value is -1.02. The van der Waals surface area contributed by atoms with Crippen molar-refractivity contribution >= 4 is 47.4 Å². The van der Waals surface area contributed by atoms with Crippen LogP contribution in [0.1, 0.15) is 45.1 Å². The molecule has 0 bridgehead atoms. The molecule has 1 unspecified atom stereocenters. The van der Waals surface area contributed by atoms with Crippen LogP contribution in [0.5, 0.6) is 0 Å². The molecule has 1 aliphatic heterocycles. The molecule has 5 nitrogen and oxygen atoms in total. The smallest absolute Gasteiger partial charge is 0.222 e. The molecular weight excluding hydrogens is 475 g/mol. The number of amides is 1. The minimum absolute atomic E-state index is 0. The minimum atomic E-state index is 0. The Balaban J connectivity index is 0.00000364. The van der Waals surface area contributed by atoms with Gasteiger partial charge in [-0.2, -0.15) is 0 Å². The SMILES string of the molecule is CCNC(=NCCC(CC)N1CCCC1=O)NCCc1ccc(Cl)cc1.I. The van der Waals surface area contributed by atoms with E-state index < -0.39 is 0 Å². The molecule has 1 heterocycles. The summed E-state index contributed by atoms with van der Waals surface area (Å²) in [5, 5.41) is 7.43. The lowest BCUT2D eigenvalue weighted by atomic mass is 10.1. The molecule has 2 N–H and O–H groups in total. The highest BCUT2D eigenvalue weighted by Crippen LogP contribution is 2.18. The van der Waals surface area contributed by atoms with Crippen LogP contribution in [0.4, 0.5) is 0 Å². The van der Waals surface area contributed by atoms with E-state index in [1.54, 1.807) is 0 Å². The zero-order valence-electron chi connectivity index (χ0n) is 16.3. The predicted octanol–water partition coefficient (Wildman–Crippen LogP) is 3.85. The van der Waals surface area contributed by atoms with Crippen molar-refractivity contribution in [2.24, 2.45) is 4.99 Å². The molecule has 1 atom stereocenters. The summed E-state index contributed by atoms with van der Waals surface area (Å²) >= 11 is 5.92. The standard InChI is InChI=1S/C20H31ClN4O.HI/c1-3-18(25-15-5-6-19(25)26)12-14-24-20(22-4-2)23-13-11-16-7-9-17(21)10-8-16;/h7-10,18H,3-6,11-15H2,1-2H3,(H2,22,23,24);1H. The van der Waals surface area contributed by atoms with E-state index in [1.807, 2.05) is 29.2 Å².